The second-order valence-corrected chi connectivity index (χ2v) is 13.2. The molecule has 224 valence electrons. The first kappa shape index (κ1) is 37.0. The van der Waals surface area contributed by atoms with Gasteiger partial charge >= 0.3 is 0 Å². The normalized spacial score (nSPS) is 13.3. The van der Waals surface area contributed by atoms with Gasteiger partial charge in [-0.2, -0.15) is 0 Å². The van der Waals surface area contributed by atoms with Gasteiger partial charge in [0.25, 0.3) is 0 Å². The van der Waals surface area contributed by atoms with Crippen molar-refractivity contribution < 1.29 is 0 Å². The lowest BCUT2D eigenvalue weighted by Gasteiger charge is -2.15. The van der Waals surface area contributed by atoms with E-state index in [4.69, 9.17) is 0 Å². The molecule has 0 saturated heterocycles. The van der Waals surface area contributed by atoms with Gasteiger partial charge in [-0.1, -0.05) is 220 Å². The minimum Gasteiger partial charge on any atom is -0.0654 e. The molecule has 0 fully saturated rings. The average molecular weight is 521 g/mol. The molecule has 0 rings (SSSR count). The second kappa shape index (κ2) is 32.2. The molecule has 0 bridgehead atoms. The van der Waals surface area contributed by atoms with Gasteiger partial charge in [0.15, 0.2) is 0 Å². The fourth-order valence-corrected chi connectivity index (χ4v) is 6.13. The van der Waals surface area contributed by atoms with Gasteiger partial charge < -0.3 is 0 Å². The molecule has 0 aliphatic heterocycles. The fourth-order valence-electron chi connectivity index (χ4n) is 6.13. The van der Waals surface area contributed by atoms with Crippen molar-refractivity contribution >= 4 is 0 Å². The summed E-state index contributed by atoms with van der Waals surface area (Å²) in [6.07, 6.45) is 45.8. The molecule has 2 atom stereocenters. The monoisotopic (exact) mass is 521 g/mol. The zero-order valence-electron chi connectivity index (χ0n) is 27.1. The predicted octanol–water partition coefficient (Wildman–Crippen LogP) is 14.4. The van der Waals surface area contributed by atoms with E-state index in [2.05, 4.69) is 27.7 Å². The molecule has 0 saturated carbocycles. The lowest BCUT2D eigenvalue weighted by atomic mass is 9.91. The van der Waals surface area contributed by atoms with Gasteiger partial charge in [0.05, 0.1) is 0 Å². The smallest absolute Gasteiger partial charge is 0.0440 e. The van der Waals surface area contributed by atoms with Gasteiger partial charge in [0, 0.05) is 0 Å². The van der Waals surface area contributed by atoms with Crippen LogP contribution in [0.15, 0.2) is 0 Å². The first-order valence-corrected chi connectivity index (χ1v) is 18.2. The standard InChI is InChI=1S/C37H76/c1-5-7-8-9-10-11-12-13-14-15-16-17-18-19-20-21-22-23-24-25-26-27-28-29-30-31-32-33-34-37(4)35-36(3)6-2/h36-37H,5-35H2,1-4H3. The van der Waals surface area contributed by atoms with Crippen molar-refractivity contribution in [2.24, 2.45) is 11.8 Å². The number of unbranched alkanes of at least 4 members (excludes halogenated alkanes) is 27. The fraction of sp³-hybridized carbons (Fsp3) is 1.00. The quantitative estimate of drug-likeness (QED) is 0.0773. The highest BCUT2D eigenvalue weighted by Crippen LogP contribution is 2.21. The van der Waals surface area contributed by atoms with E-state index in [9.17, 15) is 0 Å². The van der Waals surface area contributed by atoms with E-state index in [0.717, 1.165) is 11.8 Å². The molecule has 0 heteroatoms. The topological polar surface area (TPSA) is 0 Å². The van der Waals surface area contributed by atoms with Crippen LogP contribution >= 0.6 is 0 Å². The van der Waals surface area contributed by atoms with Gasteiger partial charge in [-0.05, 0) is 18.3 Å². The van der Waals surface area contributed by atoms with Gasteiger partial charge in [-0.25, -0.2) is 0 Å². The molecular weight excluding hydrogens is 444 g/mol. The zero-order valence-corrected chi connectivity index (χ0v) is 27.1. The Bertz CT molecular complexity index is 385. The number of hydrogen-bond donors (Lipinski definition) is 0. The molecule has 0 spiro atoms. The first-order chi connectivity index (χ1) is 18.2. The zero-order chi connectivity index (χ0) is 27.1. The second-order valence-electron chi connectivity index (χ2n) is 13.2. The molecule has 2 unspecified atom stereocenters. The van der Waals surface area contributed by atoms with Crippen LogP contribution in [0.3, 0.4) is 0 Å². The van der Waals surface area contributed by atoms with Crippen LogP contribution in [0.4, 0.5) is 0 Å². The summed E-state index contributed by atoms with van der Waals surface area (Å²) in [6, 6.07) is 0. The molecule has 0 nitrogen and oxygen atoms in total. The van der Waals surface area contributed by atoms with Gasteiger partial charge in [-0.3, -0.25) is 0 Å². The maximum atomic E-state index is 2.47. The number of hydrogen-bond acceptors (Lipinski definition) is 0. The third kappa shape index (κ3) is 32.1. The Morgan fingerprint density at radius 3 is 0.784 bits per heavy atom. The summed E-state index contributed by atoms with van der Waals surface area (Å²) in [7, 11) is 0. The molecule has 0 aromatic carbocycles. The Morgan fingerprint density at radius 2 is 0.541 bits per heavy atom. The average Bonchev–Trinajstić information content (AvgIpc) is 2.90. The van der Waals surface area contributed by atoms with Crippen LogP contribution in [0.2, 0.25) is 0 Å². The maximum absolute atomic E-state index is 2.47. The SMILES string of the molecule is CCCCCCCCCCCCCCCCCCCCCCCCCCCCCCC(C)CC(C)CC. The lowest BCUT2D eigenvalue weighted by molar-refractivity contribution is 0.374. The Kier molecular flexibility index (Phi) is 32.2. The van der Waals surface area contributed by atoms with Crippen LogP contribution in [0.5, 0.6) is 0 Å². The van der Waals surface area contributed by atoms with Crippen LogP contribution in [0.1, 0.15) is 227 Å². The summed E-state index contributed by atoms with van der Waals surface area (Å²) >= 11 is 0. The summed E-state index contributed by atoms with van der Waals surface area (Å²) in [4.78, 5) is 0. The van der Waals surface area contributed by atoms with E-state index < -0.39 is 0 Å². The molecule has 0 radical (unpaired) electrons. The molecule has 0 aromatic rings. The molecular formula is C37H76. The molecule has 0 N–H and O–H groups in total. The predicted molar refractivity (Wildman–Crippen MR) is 173 cm³/mol. The van der Waals surface area contributed by atoms with Crippen LogP contribution < -0.4 is 0 Å². The van der Waals surface area contributed by atoms with Crippen LogP contribution in [-0.2, 0) is 0 Å². The Morgan fingerprint density at radius 1 is 0.297 bits per heavy atom. The highest BCUT2D eigenvalue weighted by molar-refractivity contribution is 4.59. The van der Waals surface area contributed by atoms with Crippen LogP contribution in [0, 0.1) is 11.8 Å². The minimum absolute atomic E-state index is 0.925. The molecule has 37 heavy (non-hydrogen) atoms. The third-order valence-electron chi connectivity index (χ3n) is 9.05. The van der Waals surface area contributed by atoms with E-state index in [-0.39, 0.29) is 0 Å². The largest absolute Gasteiger partial charge is 0.0654 e. The van der Waals surface area contributed by atoms with Gasteiger partial charge in [-0.15, -0.1) is 0 Å². The van der Waals surface area contributed by atoms with Crippen molar-refractivity contribution in [3.8, 4) is 0 Å². The molecule has 0 amide bonds. The lowest BCUT2D eigenvalue weighted by Crippen LogP contribution is -2.02. The number of rotatable bonds is 32. The molecule has 0 aliphatic carbocycles. The van der Waals surface area contributed by atoms with E-state index in [0.29, 0.717) is 0 Å². The van der Waals surface area contributed by atoms with E-state index in [1.165, 1.54) is 199 Å². The summed E-state index contributed by atoms with van der Waals surface area (Å²) < 4.78 is 0. The van der Waals surface area contributed by atoms with Crippen molar-refractivity contribution in [2.45, 2.75) is 227 Å². The van der Waals surface area contributed by atoms with Crippen molar-refractivity contribution in [2.75, 3.05) is 0 Å². The third-order valence-corrected chi connectivity index (χ3v) is 9.05. The van der Waals surface area contributed by atoms with Crippen molar-refractivity contribution in [3.63, 3.8) is 0 Å². The summed E-state index contributed by atoms with van der Waals surface area (Å²) in [5, 5.41) is 0. The van der Waals surface area contributed by atoms with Gasteiger partial charge in [0.2, 0.25) is 0 Å². The van der Waals surface area contributed by atoms with E-state index >= 15 is 0 Å². The molecule has 0 heterocycles. The van der Waals surface area contributed by atoms with Crippen molar-refractivity contribution in [1.29, 1.82) is 0 Å². The minimum atomic E-state index is 0.925. The maximum Gasteiger partial charge on any atom is -0.0440 e. The summed E-state index contributed by atoms with van der Waals surface area (Å²) in [5.41, 5.74) is 0. The highest BCUT2D eigenvalue weighted by Gasteiger charge is 2.06. The summed E-state index contributed by atoms with van der Waals surface area (Å²) in [6.45, 7) is 9.52. The Labute approximate surface area is 238 Å². The van der Waals surface area contributed by atoms with Gasteiger partial charge in [0.1, 0.15) is 0 Å². The van der Waals surface area contributed by atoms with Crippen molar-refractivity contribution in [1.82, 2.24) is 0 Å². The highest BCUT2D eigenvalue weighted by atomic mass is 14.1. The first-order valence-electron chi connectivity index (χ1n) is 18.2. The van der Waals surface area contributed by atoms with Crippen molar-refractivity contribution in [3.05, 3.63) is 0 Å². The van der Waals surface area contributed by atoms with E-state index in [1.807, 2.05) is 0 Å². The van der Waals surface area contributed by atoms with Crippen LogP contribution in [0.25, 0.3) is 0 Å². The van der Waals surface area contributed by atoms with Crippen LogP contribution in [-0.4, -0.2) is 0 Å². The Balaban J connectivity index is 3.08. The molecule has 0 aromatic heterocycles. The van der Waals surface area contributed by atoms with E-state index in [1.54, 1.807) is 0 Å². The summed E-state index contributed by atoms with van der Waals surface area (Å²) in [5.74, 6) is 1.87. The molecule has 0 aliphatic rings. The Hall–Kier alpha value is 0.